The van der Waals surface area contributed by atoms with Crippen molar-refractivity contribution in [1.82, 2.24) is 0 Å². The zero-order valence-corrected chi connectivity index (χ0v) is 18.1. The molecule has 9 heteroatoms. The number of amides is 1. The molecule has 0 saturated heterocycles. The fourth-order valence-corrected chi connectivity index (χ4v) is 4.37. The summed E-state index contributed by atoms with van der Waals surface area (Å²) in [4.78, 5) is 12.7. The van der Waals surface area contributed by atoms with Crippen LogP contribution in [0.15, 0.2) is 71.6 Å². The van der Waals surface area contributed by atoms with Crippen molar-refractivity contribution in [3.8, 4) is 11.5 Å². The van der Waals surface area contributed by atoms with Gasteiger partial charge in [-0.15, -0.1) is 0 Å². The molecule has 0 bridgehead atoms. The first kappa shape index (κ1) is 21.0. The van der Waals surface area contributed by atoms with Crippen LogP contribution >= 0.6 is 11.6 Å². The van der Waals surface area contributed by atoms with Gasteiger partial charge in [0.2, 0.25) is 0 Å². The lowest BCUT2D eigenvalue weighted by molar-refractivity contribution is 0.102. The quantitative estimate of drug-likeness (QED) is 0.619. The van der Waals surface area contributed by atoms with Crippen LogP contribution in [0.1, 0.15) is 10.4 Å². The molecule has 4 rings (SSSR count). The molecule has 1 amide bonds. The lowest BCUT2D eigenvalue weighted by Gasteiger charge is -2.20. The Morgan fingerprint density at radius 1 is 0.935 bits per heavy atom. The number of fused-ring (bicyclic) bond motifs is 1. The molecule has 160 valence electrons. The Bertz CT molecular complexity index is 1210. The van der Waals surface area contributed by atoms with E-state index < -0.39 is 10.0 Å². The van der Waals surface area contributed by atoms with E-state index in [0.717, 1.165) is 4.31 Å². The summed E-state index contributed by atoms with van der Waals surface area (Å²) in [6.07, 6.45) is 0. The molecule has 1 aliphatic heterocycles. The molecule has 0 aliphatic carbocycles. The molecule has 1 heterocycles. The second-order valence-electron chi connectivity index (χ2n) is 6.79. The van der Waals surface area contributed by atoms with Crippen LogP contribution in [-0.2, 0) is 10.0 Å². The molecule has 0 saturated carbocycles. The highest BCUT2D eigenvalue weighted by molar-refractivity contribution is 7.92. The summed E-state index contributed by atoms with van der Waals surface area (Å²) >= 11 is 5.84. The first-order valence-corrected chi connectivity index (χ1v) is 11.2. The molecule has 0 radical (unpaired) electrons. The van der Waals surface area contributed by atoms with Crippen LogP contribution in [0.2, 0.25) is 5.02 Å². The van der Waals surface area contributed by atoms with Crippen LogP contribution in [0.5, 0.6) is 11.5 Å². The Labute approximate surface area is 185 Å². The number of nitrogens with zero attached hydrogens (tertiary/aromatic N) is 1. The van der Waals surface area contributed by atoms with Gasteiger partial charge in [-0.25, -0.2) is 8.42 Å². The largest absolute Gasteiger partial charge is 0.486 e. The van der Waals surface area contributed by atoms with Crippen LogP contribution in [-0.4, -0.2) is 34.6 Å². The summed E-state index contributed by atoms with van der Waals surface area (Å²) in [6.45, 7) is 0.950. The van der Waals surface area contributed by atoms with Gasteiger partial charge in [-0.2, -0.15) is 0 Å². The number of benzene rings is 3. The van der Waals surface area contributed by atoms with E-state index in [2.05, 4.69) is 5.32 Å². The van der Waals surface area contributed by atoms with Gasteiger partial charge in [0.05, 0.1) is 10.6 Å². The third-order valence-corrected chi connectivity index (χ3v) is 6.82. The summed E-state index contributed by atoms with van der Waals surface area (Å²) in [5.74, 6) is 0.887. The third-order valence-electron chi connectivity index (χ3n) is 4.77. The number of anilines is 2. The summed E-state index contributed by atoms with van der Waals surface area (Å²) in [6, 6.07) is 17.4. The molecule has 0 atom stereocenters. The highest BCUT2D eigenvalue weighted by atomic mass is 35.5. The van der Waals surface area contributed by atoms with Crippen molar-refractivity contribution >= 4 is 38.9 Å². The number of carbonyl (C=O) groups is 1. The van der Waals surface area contributed by atoms with Gasteiger partial charge < -0.3 is 14.8 Å². The van der Waals surface area contributed by atoms with E-state index >= 15 is 0 Å². The highest BCUT2D eigenvalue weighted by Crippen LogP contribution is 2.32. The summed E-state index contributed by atoms with van der Waals surface area (Å²) in [7, 11) is -2.30. The molecule has 3 aromatic carbocycles. The summed E-state index contributed by atoms with van der Waals surface area (Å²) in [5.41, 5.74) is 1.38. The van der Waals surface area contributed by atoms with E-state index in [1.807, 2.05) is 0 Å². The zero-order chi connectivity index (χ0) is 22.0. The number of hydrogen-bond donors (Lipinski definition) is 1. The molecule has 31 heavy (non-hydrogen) atoms. The number of nitrogens with one attached hydrogen (secondary N) is 1. The number of hydrogen-bond acceptors (Lipinski definition) is 5. The second kappa shape index (κ2) is 8.49. The highest BCUT2D eigenvalue weighted by Gasteiger charge is 2.21. The first-order chi connectivity index (χ1) is 14.8. The van der Waals surface area contributed by atoms with Crippen molar-refractivity contribution in [2.24, 2.45) is 0 Å². The van der Waals surface area contributed by atoms with E-state index in [-0.39, 0.29) is 10.8 Å². The fourth-order valence-electron chi connectivity index (χ4n) is 3.05. The first-order valence-electron chi connectivity index (χ1n) is 9.40. The molecule has 0 spiro atoms. The normalized spacial score (nSPS) is 12.8. The van der Waals surface area contributed by atoms with Gasteiger partial charge in [0.1, 0.15) is 13.2 Å². The Morgan fingerprint density at radius 2 is 1.58 bits per heavy atom. The van der Waals surface area contributed by atoms with Crippen molar-refractivity contribution in [2.75, 3.05) is 29.9 Å². The number of halogens is 1. The molecular formula is C22H19ClN2O5S. The standard InChI is InChI=1S/C22H19ClN2O5S/c1-25(31(27,28)19-9-4-16(23)5-10-19)18-7-2-15(3-8-18)22(26)24-17-6-11-20-21(14-17)30-13-12-29-20/h2-11,14H,12-13H2,1H3,(H,24,26). The number of sulfonamides is 1. The molecule has 0 unspecified atom stereocenters. The maximum absolute atomic E-state index is 12.8. The minimum absolute atomic E-state index is 0.125. The molecule has 0 aromatic heterocycles. The van der Waals surface area contributed by atoms with Crippen LogP contribution < -0.4 is 19.1 Å². The average molecular weight is 459 g/mol. The van der Waals surface area contributed by atoms with E-state index in [4.69, 9.17) is 21.1 Å². The van der Waals surface area contributed by atoms with Crippen molar-refractivity contribution < 1.29 is 22.7 Å². The van der Waals surface area contributed by atoms with Crippen LogP contribution in [0.25, 0.3) is 0 Å². The SMILES string of the molecule is CN(c1ccc(C(=O)Nc2ccc3c(c2)OCCO3)cc1)S(=O)(=O)c1ccc(Cl)cc1. The molecule has 3 aromatic rings. The van der Waals surface area contributed by atoms with Gasteiger partial charge in [-0.1, -0.05) is 11.6 Å². The summed E-state index contributed by atoms with van der Waals surface area (Å²) in [5, 5.41) is 3.25. The molecule has 1 N–H and O–H groups in total. The predicted octanol–water partition coefficient (Wildman–Crippen LogP) is 4.19. The monoisotopic (exact) mass is 458 g/mol. The van der Waals surface area contributed by atoms with Gasteiger partial charge in [-0.3, -0.25) is 9.10 Å². The van der Waals surface area contributed by atoms with Gasteiger partial charge in [0, 0.05) is 29.4 Å². The van der Waals surface area contributed by atoms with E-state index in [1.165, 1.54) is 31.3 Å². The average Bonchev–Trinajstić information content (AvgIpc) is 2.79. The van der Waals surface area contributed by atoms with Gasteiger partial charge >= 0.3 is 0 Å². The van der Waals surface area contributed by atoms with Crippen LogP contribution in [0.4, 0.5) is 11.4 Å². The topological polar surface area (TPSA) is 84.9 Å². The van der Waals surface area contributed by atoms with Gasteiger partial charge in [0.15, 0.2) is 11.5 Å². The lowest BCUT2D eigenvalue weighted by Crippen LogP contribution is -2.26. The summed E-state index contributed by atoms with van der Waals surface area (Å²) < 4.78 is 37.8. The molecule has 0 fully saturated rings. The predicted molar refractivity (Wildman–Crippen MR) is 119 cm³/mol. The zero-order valence-electron chi connectivity index (χ0n) is 16.5. The van der Waals surface area contributed by atoms with Crippen molar-refractivity contribution in [1.29, 1.82) is 0 Å². The smallest absolute Gasteiger partial charge is 0.264 e. The maximum Gasteiger partial charge on any atom is 0.264 e. The fraction of sp³-hybridized carbons (Fsp3) is 0.136. The van der Waals surface area contributed by atoms with E-state index in [0.29, 0.717) is 46.7 Å². The molecular weight excluding hydrogens is 440 g/mol. The number of ether oxygens (including phenoxy) is 2. The molecule has 7 nitrogen and oxygen atoms in total. The van der Waals surface area contributed by atoms with Crippen molar-refractivity contribution in [2.45, 2.75) is 4.90 Å². The molecule has 1 aliphatic rings. The van der Waals surface area contributed by atoms with E-state index in [1.54, 1.807) is 42.5 Å². The Hall–Kier alpha value is -3.23. The maximum atomic E-state index is 12.8. The van der Waals surface area contributed by atoms with Gasteiger partial charge in [0.25, 0.3) is 15.9 Å². The van der Waals surface area contributed by atoms with Crippen molar-refractivity contribution in [3.05, 3.63) is 77.3 Å². The number of carbonyl (C=O) groups excluding carboxylic acids is 1. The third kappa shape index (κ3) is 4.45. The van der Waals surface area contributed by atoms with Crippen LogP contribution in [0.3, 0.4) is 0 Å². The second-order valence-corrected chi connectivity index (χ2v) is 9.19. The lowest BCUT2D eigenvalue weighted by atomic mass is 10.2. The van der Waals surface area contributed by atoms with Crippen molar-refractivity contribution in [3.63, 3.8) is 0 Å². The Balaban J connectivity index is 1.48. The minimum atomic E-state index is -3.75. The number of rotatable bonds is 5. The van der Waals surface area contributed by atoms with Gasteiger partial charge in [-0.05, 0) is 60.7 Å². The Morgan fingerprint density at radius 3 is 2.26 bits per heavy atom. The van der Waals surface area contributed by atoms with E-state index in [9.17, 15) is 13.2 Å². The van der Waals surface area contributed by atoms with Crippen LogP contribution in [0, 0.1) is 0 Å². The Kier molecular flexibility index (Phi) is 5.75. The minimum Gasteiger partial charge on any atom is -0.486 e.